The Morgan fingerprint density at radius 3 is 2.29 bits per heavy atom. The van der Waals surface area contributed by atoms with Crippen LogP contribution in [-0.2, 0) is 13.6 Å². The highest BCUT2D eigenvalue weighted by molar-refractivity contribution is 7.47. The second-order valence-corrected chi connectivity index (χ2v) is 5.64. The lowest BCUT2D eigenvalue weighted by Crippen LogP contribution is -2.47. The molecule has 0 spiro atoms. The Kier molecular flexibility index (Phi) is 5.26. The third-order valence-electron chi connectivity index (χ3n) is 2.55. The first-order valence-corrected chi connectivity index (χ1v) is 6.06. The summed E-state index contributed by atoms with van der Waals surface area (Å²) in [6, 6.07) is 0.444. The second kappa shape index (κ2) is 5.24. The molecule has 0 saturated heterocycles. The van der Waals surface area contributed by atoms with Gasteiger partial charge >= 0.3 is 7.82 Å². The highest BCUT2D eigenvalue weighted by atomic mass is 31.2. The van der Waals surface area contributed by atoms with Crippen LogP contribution in [0, 0.1) is 0 Å². The van der Waals surface area contributed by atoms with E-state index in [-0.39, 0.29) is 6.61 Å². The number of quaternary nitrogens is 1. The van der Waals surface area contributed by atoms with E-state index >= 15 is 0 Å². The highest BCUT2D eigenvalue weighted by Crippen LogP contribution is 2.41. The Morgan fingerprint density at radius 1 is 1.43 bits per heavy atom. The molecule has 14 heavy (non-hydrogen) atoms. The van der Waals surface area contributed by atoms with Crippen LogP contribution in [0.3, 0.4) is 0 Å². The highest BCUT2D eigenvalue weighted by Gasteiger charge is 2.23. The van der Waals surface area contributed by atoms with E-state index in [2.05, 4.69) is 18.4 Å². The summed E-state index contributed by atoms with van der Waals surface area (Å²) < 4.78 is 20.7. The predicted molar refractivity (Wildman–Crippen MR) is 54.9 cm³/mol. The van der Waals surface area contributed by atoms with Crippen LogP contribution >= 0.6 is 7.82 Å². The van der Waals surface area contributed by atoms with Gasteiger partial charge in [-0.05, 0) is 13.8 Å². The maximum Gasteiger partial charge on any atom is 0.472 e. The van der Waals surface area contributed by atoms with E-state index in [1.54, 1.807) is 0 Å². The predicted octanol–water partition coefficient (Wildman–Crippen LogP) is 1.23. The molecule has 0 aromatic rings. The van der Waals surface area contributed by atoms with Gasteiger partial charge in [0.25, 0.3) is 0 Å². The monoisotopic (exact) mass is 226 g/mol. The van der Waals surface area contributed by atoms with Crippen LogP contribution in [0.25, 0.3) is 0 Å². The standard InChI is InChI=1S/C8H20NO4P/c1-8(2)9(3,4)6-7-13-14(10,11)12-5/h8H,6-7H2,1-5H3/p+1. The third kappa shape index (κ3) is 5.08. The summed E-state index contributed by atoms with van der Waals surface area (Å²) >= 11 is 0. The topological polar surface area (TPSA) is 55.8 Å². The van der Waals surface area contributed by atoms with Gasteiger partial charge in [0, 0.05) is 7.11 Å². The molecule has 0 aromatic carbocycles. The second-order valence-electron chi connectivity index (χ2n) is 4.08. The van der Waals surface area contributed by atoms with Crippen molar-refractivity contribution in [1.29, 1.82) is 0 Å². The van der Waals surface area contributed by atoms with Crippen LogP contribution in [0.15, 0.2) is 0 Å². The number of phosphoric ester groups is 1. The minimum atomic E-state index is -3.80. The van der Waals surface area contributed by atoms with Gasteiger partial charge < -0.3 is 9.38 Å². The Hall–Kier alpha value is 0.0700. The van der Waals surface area contributed by atoms with Gasteiger partial charge in [-0.25, -0.2) is 4.57 Å². The molecule has 0 bridgehead atoms. The molecule has 1 unspecified atom stereocenters. The van der Waals surface area contributed by atoms with E-state index in [9.17, 15) is 4.57 Å². The molecule has 1 N–H and O–H groups in total. The van der Waals surface area contributed by atoms with Gasteiger partial charge in [0.1, 0.15) is 13.2 Å². The van der Waals surface area contributed by atoms with Crippen LogP contribution in [0.2, 0.25) is 0 Å². The van der Waals surface area contributed by atoms with E-state index in [0.717, 1.165) is 11.6 Å². The maximum atomic E-state index is 10.9. The largest absolute Gasteiger partial charge is 0.472 e. The number of phosphoric acid groups is 1. The summed E-state index contributed by atoms with van der Waals surface area (Å²) in [4.78, 5) is 8.96. The third-order valence-corrected chi connectivity index (χ3v) is 3.52. The smallest absolute Gasteiger partial charge is 0.325 e. The molecule has 5 nitrogen and oxygen atoms in total. The molecule has 0 aliphatic carbocycles. The Labute approximate surface area is 85.8 Å². The fourth-order valence-corrected chi connectivity index (χ4v) is 1.12. The van der Waals surface area contributed by atoms with Crippen LogP contribution < -0.4 is 0 Å². The quantitative estimate of drug-likeness (QED) is 0.546. The van der Waals surface area contributed by atoms with Gasteiger partial charge in [-0.1, -0.05) is 0 Å². The first-order chi connectivity index (χ1) is 6.21. The molecule has 0 fully saturated rings. The number of rotatable bonds is 6. The number of hydrogen-bond acceptors (Lipinski definition) is 3. The molecular formula is C8H21NO4P+. The van der Waals surface area contributed by atoms with Gasteiger partial charge in [0.2, 0.25) is 0 Å². The summed E-state index contributed by atoms with van der Waals surface area (Å²) in [6.45, 7) is 5.07. The van der Waals surface area contributed by atoms with Gasteiger partial charge in [0.15, 0.2) is 0 Å². The molecule has 0 saturated carbocycles. The maximum absolute atomic E-state index is 10.9. The van der Waals surface area contributed by atoms with E-state index in [1.807, 2.05) is 14.1 Å². The van der Waals surface area contributed by atoms with Crippen molar-refractivity contribution in [3.63, 3.8) is 0 Å². The molecule has 6 heteroatoms. The molecular weight excluding hydrogens is 205 g/mol. The first kappa shape index (κ1) is 14.1. The molecule has 0 heterocycles. The normalized spacial score (nSPS) is 17.1. The average molecular weight is 226 g/mol. The van der Waals surface area contributed by atoms with Gasteiger partial charge in [-0.2, -0.15) is 0 Å². The van der Waals surface area contributed by atoms with Gasteiger partial charge in [-0.3, -0.25) is 9.05 Å². The van der Waals surface area contributed by atoms with Crippen molar-refractivity contribution in [2.24, 2.45) is 0 Å². The van der Waals surface area contributed by atoms with E-state index in [0.29, 0.717) is 12.6 Å². The lowest BCUT2D eigenvalue weighted by atomic mass is 10.3. The lowest BCUT2D eigenvalue weighted by molar-refractivity contribution is -0.911. The van der Waals surface area contributed by atoms with Crippen molar-refractivity contribution in [2.75, 3.05) is 34.4 Å². The fraction of sp³-hybridized carbons (Fsp3) is 1.00. The Balaban J connectivity index is 3.91. The lowest BCUT2D eigenvalue weighted by Gasteiger charge is -2.34. The van der Waals surface area contributed by atoms with E-state index in [4.69, 9.17) is 9.42 Å². The molecule has 0 aliphatic heterocycles. The molecule has 0 amide bonds. The summed E-state index contributed by atoms with van der Waals surface area (Å²) in [6.07, 6.45) is 0. The SMILES string of the molecule is COP(=O)(O)OCC[N+](C)(C)C(C)C. The van der Waals surface area contributed by atoms with Crippen LogP contribution in [0.4, 0.5) is 0 Å². The van der Waals surface area contributed by atoms with Crippen LogP contribution in [0.1, 0.15) is 13.8 Å². The van der Waals surface area contributed by atoms with Crippen molar-refractivity contribution < 1.29 is 23.0 Å². The molecule has 86 valence electrons. The number of hydrogen-bond donors (Lipinski definition) is 1. The zero-order valence-electron chi connectivity index (χ0n) is 9.56. The van der Waals surface area contributed by atoms with Crippen LogP contribution in [-0.4, -0.2) is 49.8 Å². The van der Waals surface area contributed by atoms with Crippen molar-refractivity contribution in [1.82, 2.24) is 0 Å². The van der Waals surface area contributed by atoms with Crippen molar-refractivity contribution >= 4 is 7.82 Å². The van der Waals surface area contributed by atoms with Crippen molar-refractivity contribution in [3.8, 4) is 0 Å². The summed E-state index contributed by atoms with van der Waals surface area (Å²) in [7, 11) is 1.45. The minimum absolute atomic E-state index is 0.215. The van der Waals surface area contributed by atoms with Crippen LogP contribution in [0.5, 0.6) is 0 Å². The first-order valence-electron chi connectivity index (χ1n) is 4.57. The molecule has 1 atom stereocenters. The van der Waals surface area contributed by atoms with Gasteiger partial charge in [0.05, 0.1) is 20.1 Å². The average Bonchev–Trinajstić information content (AvgIpc) is 2.03. The van der Waals surface area contributed by atoms with Crippen molar-refractivity contribution in [3.05, 3.63) is 0 Å². The molecule has 0 rings (SSSR count). The summed E-state index contributed by atoms with van der Waals surface area (Å²) in [5, 5.41) is 0. The van der Waals surface area contributed by atoms with E-state index < -0.39 is 7.82 Å². The zero-order chi connectivity index (χ0) is 11.4. The number of likely N-dealkylation sites (N-methyl/N-ethyl adjacent to an activating group) is 1. The summed E-state index contributed by atoms with van der Waals surface area (Å²) in [5.41, 5.74) is 0. The van der Waals surface area contributed by atoms with Crippen molar-refractivity contribution in [2.45, 2.75) is 19.9 Å². The Morgan fingerprint density at radius 2 is 1.93 bits per heavy atom. The Bertz CT molecular complexity index is 217. The summed E-state index contributed by atoms with van der Waals surface area (Å²) in [5.74, 6) is 0. The van der Waals surface area contributed by atoms with Gasteiger partial charge in [-0.15, -0.1) is 0 Å². The molecule has 0 aliphatic rings. The zero-order valence-corrected chi connectivity index (χ0v) is 10.5. The molecule has 0 radical (unpaired) electrons. The minimum Gasteiger partial charge on any atom is -0.325 e. The fourth-order valence-electron chi connectivity index (χ4n) is 0.702. The number of nitrogens with zero attached hydrogens (tertiary/aromatic N) is 1. The molecule has 0 aromatic heterocycles. The van der Waals surface area contributed by atoms with E-state index in [1.165, 1.54) is 0 Å².